The van der Waals surface area contributed by atoms with Crippen LogP contribution in [0.2, 0.25) is 0 Å². The molecule has 0 aliphatic carbocycles. The Morgan fingerprint density at radius 3 is 2.90 bits per heavy atom. The Labute approximate surface area is 121 Å². The molecule has 1 aromatic carbocycles. The smallest absolute Gasteiger partial charge is 0.0897 e. The van der Waals surface area contributed by atoms with Crippen molar-refractivity contribution < 1.29 is 0 Å². The molecule has 3 N–H and O–H groups in total. The van der Waals surface area contributed by atoms with Crippen molar-refractivity contribution in [2.45, 2.75) is 19.4 Å². The number of para-hydroxylation sites is 1. The van der Waals surface area contributed by atoms with Gasteiger partial charge in [-0.2, -0.15) is 0 Å². The molecule has 2 heterocycles. The zero-order valence-corrected chi connectivity index (χ0v) is 12.0. The van der Waals surface area contributed by atoms with Gasteiger partial charge in [0.05, 0.1) is 22.3 Å². The Morgan fingerprint density at radius 1 is 1.30 bits per heavy atom. The van der Waals surface area contributed by atoms with Crippen molar-refractivity contribution in [2.24, 2.45) is 5.84 Å². The van der Waals surface area contributed by atoms with Gasteiger partial charge < -0.3 is 0 Å². The van der Waals surface area contributed by atoms with Gasteiger partial charge in [-0.15, -0.1) is 11.3 Å². The Kier molecular flexibility index (Phi) is 3.73. The van der Waals surface area contributed by atoms with Crippen molar-refractivity contribution in [2.75, 3.05) is 0 Å². The molecule has 20 heavy (non-hydrogen) atoms. The maximum absolute atomic E-state index is 5.75. The lowest BCUT2D eigenvalue weighted by Crippen LogP contribution is -2.30. The van der Waals surface area contributed by atoms with Crippen molar-refractivity contribution in [1.29, 1.82) is 0 Å². The second-order valence-corrected chi connectivity index (χ2v) is 5.77. The van der Waals surface area contributed by atoms with E-state index in [0.717, 1.165) is 33.6 Å². The van der Waals surface area contributed by atoms with Gasteiger partial charge >= 0.3 is 0 Å². The molecule has 4 nitrogen and oxygen atoms in total. The topological polar surface area (TPSA) is 63.8 Å². The van der Waals surface area contributed by atoms with Crippen LogP contribution in [0, 0.1) is 6.92 Å². The quantitative estimate of drug-likeness (QED) is 0.571. The van der Waals surface area contributed by atoms with Gasteiger partial charge in [-0.1, -0.05) is 24.3 Å². The van der Waals surface area contributed by atoms with Gasteiger partial charge in [0.2, 0.25) is 0 Å². The van der Waals surface area contributed by atoms with Gasteiger partial charge in [-0.25, -0.2) is 4.98 Å². The van der Waals surface area contributed by atoms with Crippen LogP contribution >= 0.6 is 11.3 Å². The van der Waals surface area contributed by atoms with E-state index >= 15 is 0 Å². The first-order valence-electron chi connectivity index (χ1n) is 6.48. The fourth-order valence-electron chi connectivity index (χ4n) is 2.38. The number of fused-ring (bicyclic) bond motifs is 1. The van der Waals surface area contributed by atoms with Crippen LogP contribution in [-0.2, 0) is 6.42 Å². The number of hydrogen-bond acceptors (Lipinski definition) is 5. The van der Waals surface area contributed by atoms with Crippen LogP contribution in [0.15, 0.2) is 41.9 Å². The summed E-state index contributed by atoms with van der Waals surface area (Å²) in [7, 11) is 0. The van der Waals surface area contributed by atoms with E-state index in [0.29, 0.717) is 0 Å². The van der Waals surface area contributed by atoms with Crippen molar-refractivity contribution >= 4 is 22.2 Å². The summed E-state index contributed by atoms with van der Waals surface area (Å²) in [6.07, 6.45) is 2.57. The Hall–Kier alpha value is -1.82. The summed E-state index contributed by atoms with van der Waals surface area (Å²) in [5.74, 6) is 5.75. The van der Waals surface area contributed by atoms with E-state index in [1.807, 2.05) is 25.3 Å². The molecule has 0 aliphatic heterocycles. The number of rotatable bonds is 4. The Bertz CT molecular complexity index is 717. The monoisotopic (exact) mass is 284 g/mol. The highest BCUT2D eigenvalue weighted by molar-refractivity contribution is 7.09. The molecule has 2 aromatic heterocycles. The highest BCUT2D eigenvalue weighted by Crippen LogP contribution is 2.25. The van der Waals surface area contributed by atoms with Crippen molar-refractivity contribution in [3.63, 3.8) is 0 Å². The number of hydrazine groups is 1. The SMILES string of the molecule is Cc1nc(CC(NN)c2cccc3cccnc23)cs1. The largest absolute Gasteiger partial charge is 0.271 e. The number of hydrogen-bond donors (Lipinski definition) is 2. The lowest BCUT2D eigenvalue weighted by molar-refractivity contribution is 0.549. The third-order valence-corrected chi connectivity index (χ3v) is 4.14. The number of nitrogens with zero attached hydrogens (tertiary/aromatic N) is 2. The Balaban J connectivity index is 1.98. The van der Waals surface area contributed by atoms with E-state index in [9.17, 15) is 0 Å². The first-order chi connectivity index (χ1) is 9.78. The highest BCUT2D eigenvalue weighted by atomic mass is 32.1. The molecule has 3 rings (SSSR count). The number of thiazole rings is 1. The normalized spacial score (nSPS) is 12.7. The molecule has 1 unspecified atom stereocenters. The molecule has 5 heteroatoms. The van der Waals surface area contributed by atoms with E-state index in [2.05, 4.69) is 39.0 Å². The van der Waals surface area contributed by atoms with Gasteiger partial charge in [-0.3, -0.25) is 16.3 Å². The predicted molar refractivity (Wildman–Crippen MR) is 82.4 cm³/mol. The molecule has 1 atom stereocenters. The molecule has 0 saturated carbocycles. The molecule has 0 spiro atoms. The minimum Gasteiger partial charge on any atom is -0.271 e. The number of benzene rings is 1. The third kappa shape index (κ3) is 2.56. The molecular formula is C15H16N4S. The standard InChI is InChI=1S/C15H16N4S/c1-10-18-12(9-20-10)8-14(19-16)13-6-2-4-11-5-3-7-17-15(11)13/h2-7,9,14,19H,8,16H2,1H3. The van der Waals surface area contributed by atoms with Crippen LogP contribution in [0.3, 0.4) is 0 Å². The molecule has 0 saturated heterocycles. The zero-order valence-electron chi connectivity index (χ0n) is 11.2. The van der Waals surface area contributed by atoms with Crippen molar-refractivity contribution in [3.8, 4) is 0 Å². The number of aryl methyl sites for hydroxylation is 1. The van der Waals surface area contributed by atoms with E-state index in [-0.39, 0.29) is 6.04 Å². The Morgan fingerprint density at radius 2 is 2.15 bits per heavy atom. The molecule has 0 aliphatic rings. The van der Waals surface area contributed by atoms with E-state index in [1.165, 1.54) is 0 Å². The molecular weight excluding hydrogens is 268 g/mol. The van der Waals surface area contributed by atoms with Gasteiger partial charge in [0.25, 0.3) is 0 Å². The molecule has 0 radical (unpaired) electrons. The molecule has 0 amide bonds. The first-order valence-corrected chi connectivity index (χ1v) is 7.36. The molecule has 102 valence electrons. The summed E-state index contributed by atoms with van der Waals surface area (Å²) < 4.78 is 0. The van der Waals surface area contributed by atoms with Crippen LogP contribution in [-0.4, -0.2) is 9.97 Å². The number of pyridine rings is 1. The molecule has 0 bridgehead atoms. The van der Waals surface area contributed by atoms with Crippen LogP contribution in [0.5, 0.6) is 0 Å². The summed E-state index contributed by atoms with van der Waals surface area (Å²) in [5, 5.41) is 4.28. The lowest BCUT2D eigenvalue weighted by Gasteiger charge is -2.16. The van der Waals surface area contributed by atoms with Crippen LogP contribution < -0.4 is 11.3 Å². The molecule has 0 fully saturated rings. The predicted octanol–water partition coefficient (Wildman–Crippen LogP) is 2.75. The van der Waals surface area contributed by atoms with E-state index in [4.69, 9.17) is 5.84 Å². The zero-order chi connectivity index (χ0) is 13.9. The van der Waals surface area contributed by atoms with E-state index in [1.54, 1.807) is 11.3 Å². The summed E-state index contributed by atoms with van der Waals surface area (Å²) in [6.45, 7) is 2.01. The summed E-state index contributed by atoms with van der Waals surface area (Å²) >= 11 is 1.66. The van der Waals surface area contributed by atoms with Gasteiger partial charge in [0.15, 0.2) is 0 Å². The minimum absolute atomic E-state index is 0.00935. The van der Waals surface area contributed by atoms with Gasteiger partial charge in [0, 0.05) is 23.4 Å². The molecule has 3 aromatic rings. The van der Waals surface area contributed by atoms with Crippen LogP contribution in [0.4, 0.5) is 0 Å². The van der Waals surface area contributed by atoms with Crippen molar-refractivity contribution in [1.82, 2.24) is 15.4 Å². The lowest BCUT2D eigenvalue weighted by atomic mass is 10.00. The van der Waals surface area contributed by atoms with Crippen molar-refractivity contribution in [3.05, 3.63) is 58.2 Å². The summed E-state index contributed by atoms with van der Waals surface area (Å²) in [6, 6.07) is 10.2. The average Bonchev–Trinajstić information content (AvgIpc) is 2.89. The fraction of sp³-hybridized carbons (Fsp3) is 0.200. The van der Waals surface area contributed by atoms with Gasteiger partial charge in [-0.05, 0) is 18.6 Å². The number of aromatic nitrogens is 2. The van der Waals surface area contributed by atoms with Gasteiger partial charge in [0.1, 0.15) is 0 Å². The highest BCUT2D eigenvalue weighted by Gasteiger charge is 2.15. The fourth-order valence-corrected chi connectivity index (χ4v) is 3.00. The van der Waals surface area contributed by atoms with E-state index < -0.39 is 0 Å². The van der Waals surface area contributed by atoms with Crippen LogP contribution in [0.1, 0.15) is 22.3 Å². The maximum Gasteiger partial charge on any atom is 0.0897 e. The number of nitrogens with one attached hydrogen (secondary N) is 1. The minimum atomic E-state index is 0.00935. The second kappa shape index (κ2) is 5.66. The maximum atomic E-state index is 5.75. The summed E-state index contributed by atoms with van der Waals surface area (Å²) in [5.41, 5.74) is 6.05. The number of nitrogens with two attached hydrogens (primary N) is 1. The second-order valence-electron chi connectivity index (χ2n) is 4.70. The summed E-state index contributed by atoms with van der Waals surface area (Å²) in [4.78, 5) is 8.99. The average molecular weight is 284 g/mol. The third-order valence-electron chi connectivity index (χ3n) is 3.32. The van der Waals surface area contributed by atoms with Crippen LogP contribution in [0.25, 0.3) is 10.9 Å². The first kappa shape index (κ1) is 13.2.